The van der Waals surface area contributed by atoms with Crippen LogP contribution in [0.1, 0.15) is 30.8 Å². The highest BCUT2D eigenvalue weighted by atomic mass is 16.4. The Morgan fingerprint density at radius 1 is 1.47 bits per heavy atom. The Morgan fingerprint density at radius 2 is 2.20 bits per heavy atom. The van der Waals surface area contributed by atoms with Crippen LogP contribution in [0.4, 0.5) is 5.82 Å². The van der Waals surface area contributed by atoms with Gasteiger partial charge in [0.25, 0.3) is 0 Å². The van der Waals surface area contributed by atoms with Gasteiger partial charge in [-0.15, -0.1) is 0 Å². The maximum Gasteiger partial charge on any atom is 0.356 e. The van der Waals surface area contributed by atoms with E-state index in [0.717, 1.165) is 19.5 Å². The molecule has 0 radical (unpaired) electrons. The molecule has 1 aromatic heterocycles. The maximum absolute atomic E-state index is 10.7. The van der Waals surface area contributed by atoms with Gasteiger partial charge in [0.1, 0.15) is 5.82 Å². The first kappa shape index (κ1) is 11.4. The van der Waals surface area contributed by atoms with Gasteiger partial charge >= 0.3 is 5.97 Å². The van der Waals surface area contributed by atoms with E-state index in [1.54, 1.807) is 6.20 Å². The number of hydrogen-bond acceptors (Lipinski definition) is 4. The third kappa shape index (κ3) is 2.90. The minimum absolute atomic E-state index is 0.0120. The Morgan fingerprint density at radius 3 is 2.73 bits per heavy atom. The molecule has 0 aliphatic rings. The zero-order valence-electron chi connectivity index (χ0n) is 8.97. The molecule has 0 fully saturated rings. The van der Waals surface area contributed by atoms with E-state index in [1.807, 2.05) is 11.8 Å². The number of carboxylic acid groups (broad SMARTS) is 1. The molecule has 0 aliphatic carbocycles. The number of nitrogens with zero attached hydrogens (tertiary/aromatic N) is 3. The van der Waals surface area contributed by atoms with Crippen LogP contribution in [0.3, 0.4) is 0 Å². The van der Waals surface area contributed by atoms with Crippen molar-refractivity contribution in [2.75, 3.05) is 18.0 Å². The predicted molar refractivity (Wildman–Crippen MR) is 57.2 cm³/mol. The molecule has 1 aromatic rings. The molecule has 0 unspecified atom stereocenters. The van der Waals surface area contributed by atoms with Crippen molar-refractivity contribution in [2.24, 2.45) is 0 Å². The standard InChI is InChI=1S/C10H15N3O2/c1-3-5-13(4-2)9-7-11-6-8(12-9)10(14)15/h6-7H,3-5H2,1-2H3,(H,14,15). The molecule has 5 heteroatoms. The van der Waals surface area contributed by atoms with E-state index >= 15 is 0 Å². The van der Waals surface area contributed by atoms with E-state index in [2.05, 4.69) is 16.9 Å². The molecule has 1 rings (SSSR count). The lowest BCUT2D eigenvalue weighted by molar-refractivity contribution is 0.0690. The molecule has 1 heterocycles. The Kier molecular flexibility index (Phi) is 4.03. The second-order valence-corrected chi connectivity index (χ2v) is 3.15. The highest BCUT2D eigenvalue weighted by Gasteiger charge is 2.09. The van der Waals surface area contributed by atoms with E-state index in [4.69, 9.17) is 5.11 Å². The SMILES string of the molecule is CCCN(CC)c1cncc(C(=O)O)n1. The van der Waals surface area contributed by atoms with Crippen molar-refractivity contribution in [2.45, 2.75) is 20.3 Å². The smallest absolute Gasteiger partial charge is 0.356 e. The van der Waals surface area contributed by atoms with Crippen LogP contribution in [0.15, 0.2) is 12.4 Å². The fourth-order valence-corrected chi connectivity index (χ4v) is 1.32. The number of hydrogen-bond donors (Lipinski definition) is 1. The van der Waals surface area contributed by atoms with E-state index in [-0.39, 0.29) is 5.69 Å². The largest absolute Gasteiger partial charge is 0.476 e. The van der Waals surface area contributed by atoms with Gasteiger partial charge in [0.05, 0.1) is 12.4 Å². The molecular weight excluding hydrogens is 194 g/mol. The highest BCUT2D eigenvalue weighted by Crippen LogP contribution is 2.09. The zero-order chi connectivity index (χ0) is 11.3. The Hall–Kier alpha value is -1.65. The van der Waals surface area contributed by atoms with Crippen LogP contribution >= 0.6 is 0 Å². The van der Waals surface area contributed by atoms with Gasteiger partial charge in [0.2, 0.25) is 0 Å². The van der Waals surface area contributed by atoms with Gasteiger partial charge in [-0.1, -0.05) is 6.92 Å². The van der Waals surface area contributed by atoms with E-state index < -0.39 is 5.97 Å². The summed E-state index contributed by atoms with van der Waals surface area (Å²) in [5, 5.41) is 8.77. The molecule has 0 saturated heterocycles. The van der Waals surface area contributed by atoms with Gasteiger partial charge in [0, 0.05) is 13.1 Å². The summed E-state index contributed by atoms with van der Waals surface area (Å²) in [5.41, 5.74) is -0.0120. The molecule has 0 saturated carbocycles. The average Bonchev–Trinajstić information content (AvgIpc) is 2.26. The van der Waals surface area contributed by atoms with Crippen LogP contribution < -0.4 is 4.90 Å². The molecule has 0 aromatic carbocycles. The van der Waals surface area contributed by atoms with Gasteiger partial charge in [0.15, 0.2) is 5.69 Å². The molecule has 82 valence electrons. The van der Waals surface area contributed by atoms with Crippen LogP contribution in [0.25, 0.3) is 0 Å². The Balaban J connectivity index is 2.92. The van der Waals surface area contributed by atoms with Crippen LogP contribution in [-0.2, 0) is 0 Å². The fraction of sp³-hybridized carbons (Fsp3) is 0.500. The normalized spacial score (nSPS) is 10.0. The summed E-state index contributed by atoms with van der Waals surface area (Å²) in [5.74, 6) is -0.420. The molecular formula is C10H15N3O2. The lowest BCUT2D eigenvalue weighted by Crippen LogP contribution is -2.25. The quantitative estimate of drug-likeness (QED) is 0.794. The lowest BCUT2D eigenvalue weighted by atomic mass is 10.4. The number of rotatable bonds is 5. The number of carboxylic acids is 1. The van der Waals surface area contributed by atoms with Crippen LogP contribution in [0.5, 0.6) is 0 Å². The van der Waals surface area contributed by atoms with Gasteiger partial charge in [-0.2, -0.15) is 0 Å². The third-order valence-electron chi connectivity index (χ3n) is 2.04. The van der Waals surface area contributed by atoms with Crippen molar-refractivity contribution in [1.29, 1.82) is 0 Å². The van der Waals surface area contributed by atoms with Crippen LogP contribution in [-0.4, -0.2) is 34.1 Å². The van der Waals surface area contributed by atoms with E-state index in [0.29, 0.717) is 5.82 Å². The second-order valence-electron chi connectivity index (χ2n) is 3.15. The first-order chi connectivity index (χ1) is 7.19. The maximum atomic E-state index is 10.7. The zero-order valence-corrected chi connectivity index (χ0v) is 8.97. The fourth-order valence-electron chi connectivity index (χ4n) is 1.32. The first-order valence-electron chi connectivity index (χ1n) is 4.99. The minimum atomic E-state index is -1.04. The minimum Gasteiger partial charge on any atom is -0.476 e. The average molecular weight is 209 g/mol. The Labute approximate surface area is 88.8 Å². The molecule has 5 nitrogen and oxygen atoms in total. The van der Waals surface area contributed by atoms with Gasteiger partial charge in [-0.05, 0) is 13.3 Å². The molecule has 15 heavy (non-hydrogen) atoms. The van der Waals surface area contributed by atoms with Gasteiger partial charge in [-0.3, -0.25) is 4.98 Å². The molecule has 1 N–H and O–H groups in total. The molecule has 0 spiro atoms. The highest BCUT2D eigenvalue weighted by molar-refractivity contribution is 5.85. The van der Waals surface area contributed by atoms with Crippen molar-refractivity contribution >= 4 is 11.8 Å². The Bertz CT molecular complexity index is 341. The molecule has 0 atom stereocenters. The van der Waals surface area contributed by atoms with Crippen LogP contribution in [0, 0.1) is 0 Å². The summed E-state index contributed by atoms with van der Waals surface area (Å²) in [6.45, 7) is 5.72. The van der Waals surface area contributed by atoms with Crippen molar-refractivity contribution < 1.29 is 9.90 Å². The van der Waals surface area contributed by atoms with Crippen molar-refractivity contribution in [3.8, 4) is 0 Å². The summed E-state index contributed by atoms with van der Waals surface area (Å²) >= 11 is 0. The number of carbonyl (C=O) groups is 1. The summed E-state index contributed by atoms with van der Waals surface area (Å²) in [6.07, 6.45) is 3.84. The van der Waals surface area contributed by atoms with Crippen molar-refractivity contribution in [3.63, 3.8) is 0 Å². The molecule has 0 amide bonds. The van der Waals surface area contributed by atoms with Gasteiger partial charge < -0.3 is 10.0 Å². The first-order valence-corrected chi connectivity index (χ1v) is 4.99. The summed E-state index contributed by atoms with van der Waals surface area (Å²) in [6, 6.07) is 0. The van der Waals surface area contributed by atoms with Gasteiger partial charge in [-0.25, -0.2) is 9.78 Å². The number of anilines is 1. The predicted octanol–water partition coefficient (Wildman–Crippen LogP) is 1.41. The molecule has 0 aliphatic heterocycles. The summed E-state index contributed by atoms with van der Waals surface area (Å²) < 4.78 is 0. The lowest BCUT2D eigenvalue weighted by Gasteiger charge is -2.20. The number of aromatic nitrogens is 2. The topological polar surface area (TPSA) is 66.3 Å². The van der Waals surface area contributed by atoms with Crippen molar-refractivity contribution in [1.82, 2.24) is 9.97 Å². The molecule has 0 bridgehead atoms. The second kappa shape index (κ2) is 5.29. The number of aromatic carboxylic acids is 1. The van der Waals surface area contributed by atoms with Crippen LogP contribution in [0.2, 0.25) is 0 Å². The van der Waals surface area contributed by atoms with E-state index in [9.17, 15) is 4.79 Å². The van der Waals surface area contributed by atoms with E-state index in [1.165, 1.54) is 6.20 Å². The summed E-state index contributed by atoms with van der Waals surface area (Å²) in [7, 11) is 0. The van der Waals surface area contributed by atoms with Crippen molar-refractivity contribution in [3.05, 3.63) is 18.1 Å². The monoisotopic (exact) mass is 209 g/mol. The third-order valence-corrected chi connectivity index (χ3v) is 2.04. The summed E-state index contributed by atoms with van der Waals surface area (Å²) in [4.78, 5) is 20.6.